The van der Waals surface area contributed by atoms with Crippen molar-refractivity contribution in [1.82, 2.24) is 9.38 Å². The van der Waals surface area contributed by atoms with Gasteiger partial charge in [0.15, 0.2) is 0 Å². The van der Waals surface area contributed by atoms with Crippen LogP contribution in [0.2, 0.25) is 5.02 Å². The summed E-state index contributed by atoms with van der Waals surface area (Å²) < 4.78 is 2.20. The lowest BCUT2D eigenvalue weighted by atomic mass is 10.0. The molecule has 1 fully saturated rings. The molecular weight excluding hydrogens is 208 g/mol. The third kappa shape index (κ3) is 0.932. The van der Waals surface area contributed by atoms with Gasteiger partial charge >= 0.3 is 0 Å². The van der Waals surface area contributed by atoms with Crippen molar-refractivity contribution < 1.29 is 0 Å². The van der Waals surface area contributed by atoms with E-state index in [-0.39, 0.29) is 0 Å². The fraction of sp³-hybridized carbons (Fsp3) is 0.417. The van der Waals surface area contributed by atoms with E-state index in [2.05, 4.69) is 4.40 Å². The minimum Gasteiger partial charge on any atom is -0.302 e. The minimum atomic E-state index is 0.726. The fourth-order valence-electron chi connectivity index (χ4n) is 3.24. The second kappa shape index (κ2) is 2.56. The summed E-state index contributed by atoms with van der Waals surface area (Å²) in [7, 11) is 0. The van der Waals surface area contributed by atoms with Gasteiger partial charge in [-0.25, -0.2) is 4.98 Å². The van der Waals surface area contributed by atoms with Crippen molar-refractivity contribution in [2.45, 2.75) is 31.1 Å². The zero-order valence-corrected chi connectivity index (χ0v) is 9.04. The first-order valence-corrected chi connectivity index (χ1v) is 5.88. The third-order valence-corrected chi connectivity index (χ3v) is 4.08. The van der Waals surface area contributed by atoms with Gasteiger partial charge in [0.25, 0.3) is 0 Å². The van der Waals surface area contributed by atoms with Crippen LogP contribution in [0.15, 0.2) is 18.3 Å². The number of hydrogen-bond donors (Lipinski definition) is 0. The van der Waals surface area contributed by atoms with E-state index >= 15 is 0 Å². The number of pyridine rings is 1. The van der Waals surface area contributed by atoms with E-state index in [1.165, 1.54) is 30.7 Å². The SMILES string of the molecule is Clc1ccc2nc3c(n2c1)C1CCC3C1. The van der Waals surface area contributed by atoms with Crippen molar-refractivity contribution in [2.24, 2.45) is 0 Å². The van der Waals surface area contributed by atoms with Crippen molar-refractivity contribution >= 4 is 17.2 Å². The van der Waals surface area contributed by atoms with Crippen LogP contribution in [0.3, 0.4) is 0 Å². The summed E-state index contributed by atoms with van der Waals surface area (Å²) in [4.78, 5) is 4.72. The summed E-state index contributed by atoms with van der Waals surface area (Å²) in [6.45, 7) is 0. The van der Waals surface area contributed by atoms with E-state index in [1.807, 2.05) is 18.3 Å². The molecule has 0 amide bonds. The Morgan fingerprint density at radius 3 is 3.07 bits per heavy atom. The van der Waals surface area contributed by atoms with Gasteiger partial charge in [0.05, 0.1) is 10.7 Å². The van der Waals surface area contributed by atoms with E-state index in [4.69, 9.17) is 16.6 Å². The fourth-order valence-corrected chi connectivity index (χ4v) is 3.40. The molecule has 2 heterocycles. The van der Waals surface area contributed by atoms with E-state index < -0.39 is 0 Å². The van der Waals surface area contributed by atoms with E-state index in [0.717, 1.165) is 22.5 Å². The summed E-state index contributed by atoms with van der Waals surface area (Å²) in [5.74, 6) is 1.46. The van der Waals surface area contributed by atoms with E-state index in [9.17, 15) is 0 Å². The second-order valence-corrected chi connectivity index (χ2v) is 5.10. The molecule has 2 unspecified atom stereocenters. The van der Waals surface area contributed by atoms with Crippen molar-refractivity contribution in [2.75, 3.05) is 0 Å². The molecule has 0 aromatic carbocycles. The Morgan fingerprint density at radius 2 is 2.13 bits per heavy atom. The summed E-state index contributed by atoms with van der Waals surface area (Å²) in [5, 5.41) is 0.797. The van der Waals surface area contributed by atoms with Crippen LogP contribution < -0.4 is 0 Å². The highest BCUT2D eigenvalue weighted by Gasteiger charge is 2.40. The Hall–Kier alpha value is -1.02. The second-order valence-electron chi connectivity index (χ2n) is 4.66. The maximum atomic E-state index is 6.03. The first-order chi connectivity index (χ1) is 7.33. The molecule has 4 rings (SSSR count). The van der Waals surface area contributed by atoms with Gasteiger partial charge in [0, 0.05) is 23.7 Å². The van der Waals surface area contributed by atoms with Gasteiger partial charge in [-0.05, 0) is 31.4 Å². The zero-order chi connectivity index (χ0) is 9.99. The van der Waals surface area contributed by atoms with Crippen molar-refractivity contribution in [3.05, 3.63) is 34.7 Å². The normalized spacial score (nSPS) is 27.5. The highest BCUT2D eigenvalue weighted by molar-refractivity contribution is 6.30. The summed E-state index contributed by atoms with van der Waals surface area (Å²) >= 11 is 6.03. The van der Waals surface area contributed by atoms with E-state index in [0.29, 0.717) is 0 Å². The third-order valence-electron chi connectivity index (χ3n) is 3.85. The Kier molecular flexibility index (Phi) is 1.39. The predicted molar refractivity (Wildman–Crippen MR) is 59.5 cm³/mol. The average Bonchev–Trinajstić information content (AvgIpc) is 2.85. The predicted octanol–water partition coefficient (Wildman–Crippen LogP) is 3.35. The van der Waals surface area contributed by atoms with Crippen LogP contribution >= 0.6 is 11.6 Å². The van der Waals surface area contributed by atoms with Gasteiger partial charge < -0.3 is 4.40 Å². The smallest absolute Gasteiger partial charge is 0.137 e. The number of rotatable bonds is 0. The quantitative estimate of drug-likeness (QED) is 0.663. The molecule has 2 aliphatic carbocycles. The summed E-state index contributed by atoms with van der Waals surface area (Å²) in [6.07, 6.45) is 5.98. The molecule has 2 nitrogen and oxygen atoms in total. The first kappa shape index (κ1) is 8.17. The maximum Gasteiger partial charge on any atom is 0.137 e. The number of hydrogen-bond acceptors (Lipinski definition) is 1. The topological polar surface area (TPSA) is 17.3 Å². The van der Waals surface area contributed by atoms with Crippen LogP contribution in [0.25, 0.3) is 5.65 Å². The van der Waals surface area contributed by atoms with Crippen LogP contribution in [0.5, 0.6) is 0 Å². The number of aromatic nitrogens is 2. The Morgan fingerprint density at radius 1 is 1.27 bits per heavy atom. The van der Waals surface area contributed by atoms with Crippen LogP contribution in [0.4, 0.5) is 0 Å². The van der Waals surface area contributed by atoms with Gasteiger partial charge in [0.2, 0.25) is 0 Å². The molecule has 2 aromatic heterocycles. The number of imidazole rings is 1. The summed E-state index contributed by atoms with van der Waals surface area (Å²) in [6, 6.07) is 3.93. The molecule has 0 aliphatic heterocycles. The molecule has 76 valence electrons. The maximum absolute atomic E-state index is 6.03. The Bertz CT molecular complexity index is 558. The Labute approximate surface area is 92.9 Å². The van der Waals surface area contributed by atoms with Crippen molar-refractivity contribution in [3.63, 3.8) is 0 Å². The molecule has 1 saturated carbocycles. The molecule has 0 N–H and O–H groups in total. The minimum absolute atomic E-state index is 0.726. The van der Waals surface area contributed by atoms with Gasteiger partial charge in [-0.1, -0.05) is 11.6 Å². The Balaban J connectivity index is 2.10. The molecule has 0 spiro atoms. The summed E-state index contributed by atoms with van der Waals surface area (Å²) in [5.41, 5.74) is 3.83. The van der Waals surface area contributed by atoms with Crippen LogP contribution in [-0.4, -0.2) is 9.38 Å². The van der Waals surface area contributed by atoms with Gasteiger partial charge in [-0.15, -0.1) is 0 Å². The van der Waals surface area contributed by atoms with Crippen molar-refractivity contribution in [1.29, 1.82) is 0 Å². The lowest BCUT2D eigenvalue weighted by Gasteiger charge is -2.09. The highest BCUT2D eigenvalue weighted by atomic mass is 35.5. The van der Waals surface area contributed by atoms with Crippen LogP contribution in [0.1, 0.15) is 42.5 Å². The molecule has 0 radical (unpaired) electrons. The van der Waals surface area contributed by atoms with Crippen LogP contribution in [0, 0.1) is 0 Å². The van der Waals surface area contributed by atoms with Crippen LogP contribution in [-0.2, 0) is 0 Å². The highest BCUT2D eigenvalue weighted by Crippen LogP contribution is 2.52. The standard InChI is InChI=1S/C12H11ClN2/c13-9-3-4-10-14-11-7-1-2-8(5-7)12(11)15(10)6-9/h3-4,6-8H,1-2,5H2. The van der Waals surface area contributed by atoms with E-state index in [1.54, 1.807) is 0 Å². The number of fused-ring (bicyclic) bond motifs is 7. The molecule has 2 aromatic rings. The lowest BCUT2D eigenvalue weighted by Crippen LogP contribution is -1.99. The first-order valence-electron chi connectivity index (χ1n) is 5.50. The van der Waals surface area contributed by atoms with Gasteiger partial charge in [-0.3, -0.25) is 0 Å². The molecule has 2 atom stereocenters. The lowest BCUT2D eigenvalue weighted by molar-refractivity contribution is 0.690. The molecule has 15 heavy (non-hydrogen) atoms. The molecule has 3 heteroatoms. The molecule has 2 aliphatic rings. The number of nitrogens with zero attached hydrogens (tertiary/aromatic N) is 2. The monoisotopic (exact) mass is 218 g/mol. The molecule has 0 saturated heterocycles. The van der Waals surface area contributed by atoms with Gasteiger partial charge in [-0.2, -0.15) is 0 Å². The van der Waals surface area contributed by atoms with Gasteiger partial charge in [0.1, 0.15) is 5.65 Å². The largest absolute Gasteiger partial charge is 0.302 e. The average molecular weight is 219 g/mol. The molecular formula is C12H11ClN2. The van der Waals surface area contributed by atoms with Crippen molar-refractivity contribution in [3.8, 4) is 0 Å². The zero-order valence-electron chi connectivity index (χ0n) is 8.28. The number of halogens is 1. The molecule has 2 bridgehead atoms.